The largest absolute Gasteiger partial charge is 0.463 e. The zero-order valence-corrected chi connectivity index (χ0v) is 12.6. The summed E-state index contributed by atoms with van der Waals surface area (Å²) >= 11 is 1.67. The molecular weight excluding hydrogens is 290 g/mol. The first kappa shape index (κ1) is 14.1. The van der Waals surface area contributed by atoms with Crippen molar-refractivity contribution in [1.29, 1.82) is 0 Å². The molecule has 0 N–H and O–H groups in total. The van der Waals surface area contributed by atoms with E-state index in [1.54, 1.807) is 17.4 Å². The van der Waals surface area contributed by atoms with Gasteiger partial charge in [0.25, 0.3) is 0 Å². The summed E-state index contributed by atoms with van der Waals surface area (Å²) in [6.07, 6.45) is 1.84. The molecule has 0 aromatic carbocycles. The third-order valence-corrected chi connectivity index (χ3v) is 4.32. The second kappa shape index (κ2) is 6.28. The van der Waals surface area contributed by atoms with Crippen LogP contribution in [0.2, 0.25) is 0 Å². The average Bonchev–Trinajstić information content (AvgIpc) is 3.18. The Labute approximate surface area is 126 Å². The molecule has 6 nitrogen and oxygen atoms in total. The van der Waals surface area contributed by atoms with E-state index in [1.807, 2.05) is 17.6 Å². The molecule has 1 aliphatic rings. The number of hydrogen-bond acceptors (Lipinski definition) is 7. The summed E-state index contributed by atoms with van der Waals surface area (Å²) < 4.78 is 10.1. The lowest BCUT2D eigenvalue weighted by atomic mass is 10.3. The van der Waals surface area contributed by atoms with E-state index in [-0.39, 0.29) is 5.76 Å². The van der Waals surface area contributed by atoms with Crippen LogP contribution in [0.25, 0.3) is 0 Å². The van der Waals surface area contributed by atoms with Crippen LogP contribution in [-0.4, -0.2) is 49.1 Å². The summed E-state index contributed by atoms with van der Waals surface area (Å²) in [6, 6.07) is 3.49. The first-order chi connectivity index (χ1) is 10.3. The lowest BCUT2D eigenvalue weighted by Crippen LogP contribution is -2.45. The van der Waals surface area contributed by atoms with E-state index in [0.717, 1.165) is 37.1 Å². The molecule has 112 valence electrons. The van der Waals surface area contributed by atoms with Gasteiger partial charge in [-0.1, -0.05) is 0 Å². The number of esters is 1. The number of anilines is 1. The molecule has 0 bridgehead atoms. The molecule has 0 radical (unpaired) electrons. The lowest BCUT2D eigenvalue weighted by Gasteiger charge is -2.34. The molecule has 0 saturated carbocycles. The maximum Gasteiger partial charge on any atom is 0.373 e. The van der Waals surface area contributed by atoms with Gasteiger partial charge in [0.15, 0.2) is 5.13 Å². The monoisotopic (exact) mass is 307 g/mol. The number of methoxy groups -OCH3 is 1. The maximum atomic E-state index is 11.4. The van der Waals surface area contributed by atoms with Crippen molar-refractivity contribution in [2.24, 2.45) is 0 Å². The Kier molecular flexibility index (Phi) is 4.21. The molecule has 1 fully saturated rings. The Balaban J connectivity index is 1.53. The number of rotatable bonds is 4. The number of ether oxygens (including phenoxy) is 1. The second-order valence-electron chi connectivity index (χ2n) is 4.84. The highest BCUT2D eigenvalue weighted by molar-refractivity contribution is 7.13. The molecular formula is C14H17N3O3S. The number of carbonyl (C=O) groups excluding carboxylic acids is 1. The fraction of sp³-hybridized carbons (Fsp3) is 0.429. The Morgan fingerprint density at radius 2 is 2.19 bits per heavy atom. The molecule has 3 rings (SSSR count). The number of furan rings is 1. The lowest BCUT2D eigenvalue weighted by molar-refractivity contribution is 0.0561. The van der Waals surface area contributed by atoms with Gasteiger partial charge in [-0.2, -0.15) is 0 Å². The standard InChI is InChI=1S/C14H17N3O3S/c1-19-13(18)12-3-2-11(20-12)10-16-5-7-17(8-6-16)14-15-4-9-21-14/h2-4,9H,5-8,10H2,1H3. The van der Waals surface area contributed by atoms with E-state index in [2.05, 4.69) is 19.5 Å². The summed E-state index contributed by atoms with van der Waals surface area (Å²) in [4.78, 5) is 20.3. The molecule has 2 aromatic heterocycles. The van der Waals surface area contributed by atoms with Gasteiger partial charge in [-0.05, 0) is 12.1 Å². The normalized spacial score (nSPS) is 16.1. The number of carbonyl (C=O) groups is 1. The summed E-state index contributed by atoms with van der Waals surface area (Å²) in [7, 11) is 1.35. The van der Waals surface area contributed by atoms with Gasteiger partial charge in [-0.3, -0.25) is 4.90 Å². The van der Waals surface area contributed by atoms with E-state index >= 15 is 0 Å². The minimum atomic E-state index is -0.435. The predicted molar refractivity (Wildman–Crippen MR) is 79.7 cm³/mol. The van der Waals surface area contributed by atoms with Crippen LogP contribution in [0.5, 0.6) is 0 Å². The number of thiazole rings is 1. The molecule has 7 heteroatoms. The quantitative estimate of drug-likeness (QED) is 0.803. The third-order valence-electron chi connectivity index (χ3n) is 3.49. The number of piperazine rings is 1. The van der Waals surface area contributed by atoms with E-state index < -0.39 is 5.97 Å². The van der Waals surface area contributed by atoms with Gasteiger partial charge in [0.2, 0.25) is 5.76 Å². The topological polar surface area (TPSA) is 58.8 Å². The Hall–Kier alpha value is -1.86. The number of nitrogens with zero attached hydrogens (tertiary/aromatic N) is 3. The van der Waals surface area contributed by atoms with Crippen LogP contribution in [0, 0.1) is 0 Å². The molecule has 1 saturated heterocycles. The SMILES string of the molecule is COC(=O)c1ccc(CN2CCN(c3nccs3)CC2)o1. The first-order valence-electron chi connectivity index (χ1n) is 6.80. The zero-order valence-electron chi connectivity index (χ0n) is 11.8. The van der Waals surface area contributed by atoms with Crippen molar-refractivity contribution in [2.75, 3.05) is 38.2 Å². The van der Waals surface area contributed by atoms with Crippen LogP contribution in [0.4, 0.5) is 5.13 Å². The summed E-state index contributed by atoms with van der Waals surface area (Å²) in [5.74, 6) is 0.613. The second-order valence-corrected chi connectivity index (χ2v) is 5.71. The molecule has 1 aliphatic heterocycles. The van der Waals surface area contributed by atoms with Gasteiger partial charge >= 0.3 is 5.97 Å². The number of hydrogen-bond donors (Lipinski definition) is 0. The smallest absolute Gasteiger partial charge is 0.373 e. The molecule has 0 amide bonds. The Morgan fingerprint density at radius 1 is 1.38 bits per heavy atom. The van der Waals surface area contributed by atoms with E-state index in [1.165, 1.54) is 7.11 Å². The van der Waals surface area contributed by atoms with Crippen molar-refractivity contribution in [3.8, 4) is 0 Å². The van der Waals surface area contributed by atoms with Crippen LogP contribution >= 0.6 is 11.3 Å². The molecule has 3 heterocycles. The van der Waals surface area contributed by atoms with Gasteiger partial charge in [0.05, 0.1) is 13.7 Å². The highest BCUT2D eigenvalue weighted by Gasteiger charge is 2.20. The van der Waals surface area contributed by atoms with E-state index in [9.17, 15) is 4.79 Å². The van der Waals surface area contributed by atoms with Crippen LogP contribution in [0.3, 0.4) is 0 Å². The van der Waals surface area contributed by atoms with Crippen molar-refractivity contribution in [3.63, 3.8) is 0 Å². The van der Waals surface area contributed by atoms with Crippen molar-refractivity contribution < 1.29 is 13.9 Å². The van der Waals surface area contributed by atoms with Crippen LogP contribution < -0.4 is 4.90 Å². The van der Waals surface area contributed by atoms with Crippen molar-refractivity contribution in [2.45, 2.75) is 6.54 Å². The summed E-state index contributed by atoms with van der Waals surface area (Å²) in [6.45, 7) is 4.53. The van der Waals surface area contributed by atoms with Gasteiger partial charge in [-0.15, -0.1) is 11.3 Å². The van der Waals surface area contributed by atoms with Gasteiger partial charge in [0, 0.05) is 37.8 Å². The average molecular weight is 307 g/mol. The zero-order chi connectivity index (χ0) is 14.7. The van der Waals surface area contributed by atoms with Gasteiger partial charge in [-0.25, -0.2) is 9.78 Å². The van der Waals surface area contributed by atoms with Gasteiger partial charge in [0.1, 0.15) is 5.76 Å². The predicted octanol–water partition coefficient (Wildman–Crippen LogP) is 1.84. The van der Waals surface area contributed by atoms with E-state index in [4.69, 9.17) is 4.42 Å². The highest BCUT2D eigenvalue weighted by atomic mass is 32.1. The fourth-order valence-electron chi connectivity index (χ4n) is 2.36. The summed E-state index contributed by atoms with van der Waals surface area (Å²) in [5.41, 5.74) is 0. The summed E-state index contributed by atoms with van der Waals surface area (Å²) in [5, 5.41) is 3.08. The minimum absolute atomic E-state index is 0.258. The van der Waals surface area contributed by atoms with Gasteiger partial charge < -0.3 is 14.1 Å². The van der Waals surface area contributed by atoms with Crippen LogP contribution in [-0.2, 0) is 11.3 Å². The van der Waals surface area contributed by atoms with E-state index in [0.29, 0.717) is 6.54 Å². The highest BCUT2D eigenvalue weighted by Crippen LogP contribution is 2.20. The molecule has 0 spiro atoms. The van der Waals surface area contributed by atoms with Crippen LogP contribution in [0.1, 0.15) is 16.3 Å². The third kappa shape index (κ3) is 3.25. The molecule has 0 unspecified atom stereocenters. The molecule has 0 aliphatic carbocycles. The fourth-order valence-corrected chi connectivity index (χ4v) is 3.06. The molecule has 21 heavy (non-hydrogen) atoms. The first-order valence-corrected chi connectivity index (χ1v) is 7.68. The van der Waals surface area contributed by atoms with Crippen LogP contribution in [0.15, 0.2) is 28.1 Å². The Bertz CT molecular complexity index is 588. The minimum Gasteiger partial charge on any atom is -0.463 e. The van der Waals surface area contributed by atoms with Crippen molar-refractivity contribution in [3.05, 3.63) is 35.2 Å². The molecule has 0 atom stereocenters. The molecule has 2 aromatic rings. The maximum absolute atomic E-state index is 11.4. The Morgan fingerprint density at radius 3 is 2.86 bits per heavy atom. The van der Waals surface area contributed by atoms with Crippen molar-refractivity contribution in [1.82, 2.24) is 9.88 Å². The van der Waals surface area contributed by atoms with Crippen molar-refractivity contribution >= 4 is 22.4 Å². The number of aromatic nitrogens is 1.